The molecule has 31 heavy (non-hydrogen) atoms. The Kier molecular flexibility index (Phi) is 5.86. The van der Waals surface area contributed by atoms with Gasteiger partial charge < -0.3 is 10.2 Å². The molecule has 0 radical (unpaired) electrons. The first kappa shape index (κ1) is 20.4. The van der Waals surface area contributed by atoms with Gasteiger partial charge in [0.15, 0.2) is 0 Å². The highest BCUT2D eigenvalue weighted by Gasteiger charge is 2.15. The van der Waals surface area contributed by atoms with Gasteiger partial charge in [-0.25, -0.2) is 14.6 Å². The molecule has 0 bridgehead atoms. The minimum absolute atomic E-state index is 0.242. The summed E-state index contributed by atoms with van der Waals surface area (Å²) in [5, 5.41) is 8.20. The SMILES string of the molecule is C=CCn1nc(-c2ccccc2)c2nc(Nc3ccc(CN(C)C)cc3)ncc2c1=O. The van der Waals surface area contributed by atoms with Crippen LogP contribution in [-0.2, 0) is 13.1 Å². The molecule has 0 aliphatic carbocycles. The molecule has 0 amide bonds. The highest BCUT2D eigenvalue weighted by Crippen LogP contribution is 2.24. The first-order valence-electron chi connectivity index (χ1n) is 10.00. The summed E-state index contributed by atoms with van der Waals surface area (Å²) in [4.78, 5) is 24.0. The van der Waals surface area contributed by atoms with Crippen molar-refractivity contribution in [2.24, 2.45) is 0 Å². The van der Waals surface area contributed by atoms with Crippen LogP contribution in [0.25, 0.3) is 22.2 Å². The molecule has 2 aromatic carbocycles. The predicted octanol–water partition coefficient (Wildman–Crippen LogP) is 3.84. The number of rotatable bonds is 7. The van der Waals surface area contributed by atoms with Crippen LogP contribution in [-0.4, -0.2) is 38.7 Å². The normalized spacial score (nSPS) is 11.1. The molecule has 156 valence electrons. The summed E-state index contributed by atoms with van der Waals surface area (Å²) in [5.41, 5.74) is 3.86. The van der Waals surface area contributed by atoms with Crippen LogP contribution >= 0.6 is 0 Å². The minimum Gasteiger partial charge on any atom is -0.324 e. The molecule has 0 unspecified atom stereocenters. The molecule has 0 aliphatic rings. The average Bonchev–Trinajstić information content (AvgIpc) is 2.77. The number of hydrogen-bond acceptors (Lipinski definition) is 6. The van der Waals surface area contributed by atoms with Crippen LogP contribution in [0.3, 0.4) is 0 Å². The maximum absolute atomic E-state index is 12.8. The number of nitrogens with one attached hydrogen (secondary N) is 1. The minimum atomic E-state index is -0.242. The topological polar surface area (TPSA) is 75.9 Å². The molecule has 0 saturated carbocycles. The molecule has 7 heteroatoms. The van der Waals surface area contributed by atoms with Crippen molar-refractivity contribution in [2.45, 2.75) is 13.1 Å². The van der Waals surface area contributed by atoms with Gasteiger partial charge in [0.2, 0.25) is 5.95 Å². The van der Waals surface area contributed by atoms with Crippen molar-refractivity contribution < 1.29 is 0 Å². The fourth-order valence-electron chi connectivity index (χ4n) is 3.36. The Morgan fingerprint density at radius 1 is 1.10 bits per heavy atom. The molecule has 0 saturated heterocycles. The molecule has 7 nitrogen and oxygen atoms in total. The molecule has 4 rings (SSSR count). The molecule has 2 aromatic heterocycles. The van der Waals surface area contributed by atoms with Gasteiger partial charge in [0.25, 0.3) is 5.56 Å². The van der Waals surface area contributed by atoms with Crippen molar-refractivity contribution in [1.29, 1.82) is 0 Å². The van der Waals surface area contributed by atoms with Gasteiger partial charge in [-0.05, 0) is 31.8 Å². The van der Waals surface area contributed by atoms with Crippen LogP contribution in [0.5, 0.6) is 0 Å². The van der Waals surface area contributed by atoms with Crippen LogP contribution in [0.4, 0.5) is 11.6 Å². The first-order chi connectivity index (χ1) is 15.0. The van der Waals surface area contributed by atoms with Gasteiger partial charge in [0.1, 0.15) is 11.2 Å². The van der Waals surface area contributed by atoms with E-state index in [2.05, 4.69) is 44.0 Å². The van der Waals surface area contributed by atoms with Crippen LogP contribution < -0.4 is 10.9 Å². The molecule has 0 fully saturated rings. The number of nitrogens with zero attached hydrogens (tertiary/aromatic N) is 5. The standard InChI is InChI=1S/C24H24N6O/c1-4-14-30-23(31)20-15-25-24(26-19-12-10-17(11-13-19)16-29(2)3)27-22(20)21(28-30)18-8-6-5-7-9-18/h4-13,15H,1,14,16H2,2-3H3,(H,25,26,27). The number of aromatic nitrogens is 4. The van der Waals surface area contributed by atoms with E-state index in [9.17, 15) is 4.79 Å². The monoisotopic (exact) mass is 412 g/mol. The molecule has 1 N–H and O–H groups in total. The summed E-state index contributed by atoms with van der Waals surface area (Å²) < 4.78 is 1.39. The highest BCUT2D eigenvalue weighted by atomic mass is 16.1. The summed E-state index contributed by atoms with van der Waals surface area (Å²) in [6, 6.07) is 17.8. The number of allylic oxidation sites excluding steroid dienone is 1. The predicted molar refractivity (Wildman–Crippen MR) is 124 cm³/mol. The Bertz CT molecular complexity index is 1260. The van der Waals surface area contributed by atoms with Crippen molar-refractivity contribution in [1.82, 2.24) is 24.6 Å². The third-order valence-electron chi connectivity index (χ3n) is 4.76. The molecule has 0 aliphatic heterocycles. The quantitative estimate of drug-likeness (QED) is 0.465. The van der Waals surface area contributed by atoms with Gasteiger partial charge in [0.05, 0.1) is 11.9 Å². The van der Waals surface area contributed by atoms with Crippen LogP contribution in [0.15, 0.2) is 78.2 Å². The van der Waals surface area contributed by atoms with E-state index in [1.165, 1.54) is 10.2 Å². The molecule has 2 heterocycles. The number of fused-ring (bicyclic) bond motifs is 1. The largest absolute Gasteiger partial charge is 0.324 e. The molecule has 4 aromatic rings. The van der Waals surface area contributed by atoms with E-state index in [-0.39, 0.29) is 5.56 Å². The second kappa shape index (κ2) is 8.89. The van der Waals surface area contributed by atoms with Gasteiger partial charge in [-0.2, -0.15) is 5.10 Å². The van der Waals surface area contributed by atoms with Gasteiger partial charge in [0, 0.05) is 24.0 Å². The van der Waals surface area contributed by atoms with E-state index in [0.717, 1.165) is 17.8 Å². The van der Waals surface area contributed by atoms with Crippen LogP contribution in [0, 0.1) is 0 Å². The van der Waals surface area contributed by atoms with Crippen LogP contribution in [0.1, 0.15) is 5.56 Å². The molecular weight excluding hydrogens is 388 g/mol. The summed E-state index contributed by atoms with van der Waals surface area (Å²) in [5.74, 6) is 0.410. The Hall–Kier alpha value is -3.84. The fourth-order valence-corrected chi connectivity index (χ4v) is 3.36. The highest BCUT2D eigenvalue weighted by molar-refractivity contribution is 5.90. The Morgan fingerprint density at radius 3 is 2.52 bits per heavy atom. The Morgan fingerprint density at radius 2 is 1.84 bits per heavy atom. The van der Waals surface area contributed by atoms with E-state index in [0.29, 0.717) is 29.1 Å². The average molecular weight is 412 g/mol. The number of hydrogen-bond donors (Lipinski definition) is 1. The number of anilines is 2. The van der Waals surface area contributed by atoms with Crippen molar-refractivity contribution in [3.8, 4) is 11.3 Å². The number of benzene rings is 2. The molecule has 0 atom stereocenters. The first-order valence-corrected chi connectivity index (χ1v) is 10.00. The van der Waals surface area contributed by atoms with Gasteiger partial charge in [-0.3, -0.25) is 4.79 Å². The van der Waals surface area contributed by atoms with Crippen molar-refractivity contribution in [3.63, 3.8) is 0 Å². The van der Waals surface area contributed by atoms with E-state index >= 15 is 0 Å². The smallest absolute Gasteiger partial charge is 0.278 e. The lowest BCUT2D eigenvalue weighted by Gasteiger charge is -2.12. The van der Waals surface area contributed by atoms with E-state index in [1.807, 2.05) is 56.6 Å². The fraction of sp³-hybridized carbons (Fsp3) is 0.167. The maximum atomic E-state index is 12.8. The summed E-state index contributed by atoms with van der Waals surface area (Å²) in [6.45, 7) is 4.90. The van der Waals surface area contributed by atoms with Crippen molar-refractivity contribution in [2.75, 3.05) is 19.4 Å². The Balaban J connectivity index is 1.76. The summed E-state index contributed by atoms with van der Waals surface area (Å²) >= 11 is 0. The summed E-state index contributed by atoms with van der Waals surface area (Å²) in [7, 11) is 4.08. The Labute approximate surface area is 180 Å². The third-order valence-corrected chi connectivity index (χ3v) is 4.76. The zero-order valence-corrected chi connectivity index (χ0v) is 17.6. The third kappa shape index (κ3) is 4.51. The van der Waals surface area contributed by atoms with Gasteiger partial charge in [-0.15, -0.1) is 6.58 Å². The van der Waals surface area contributed by atoms with E-state index in [1.54, 1.807) is 12.3 Å². The lowest BCUT2D eigenvalue weighted by Crippen LogP contribution is -2.24. The van der Waals surface area contributed by atoms with E-state index in [4.69, 9.17) is 0 Å². The van der Waals surface area contributed by atoms with Crippen molar-refractivity contribution in [3.05, 3.63) is 89.4 Å². The maximum Gasteiger partial charge on any atom is 0.278 e. The van der Waals surface area contributed by atoms with Gasteiger partial charge in [-0.1, -0.05) is 48.5 Å². The summed E-state index contributed by atoms with van der Waals surface area (Å²) in [6.07, 6.45) is 3.20. The lowest BCUT2D eigenvalue weighted by molar-refractivity contribution is 0.402. The van der Waals surface area contributed by atoms with Gasteiger partial charge >= 0.3 is 0 Å². The zero-order chi connectivity index (χ0) is 21.8. The lowest BCUT2D eigenvalue weighted by atomic mass is 10.1. The zero-order valence-electron chi connectivity index (χ0n) is 17.6. The molecular formula is C24H24N6O. The molecule has 0 spiro atoms. The van der Waals surface area contributed by atoms with Crippen molar-refractivity contribution >= 4 is 22.5 Å². The van der Waals surface area contributed by atoms with Crippen LogP contribution in [0.2, 0.25) is 0 Å². The second-order valence-electron chi connectivity index (χ2n) is 7.51. The second-order valence-corrected chi connectivity index (χ2v) is 7.51. The van der Waals surface area contributed by atoms with E-state index < -0.39 is 0 Å².